The number of pyridine rings is 1. The number of para-hydroxylation sites is 1. The van der Waals surface area contributed by atoms with Crippen molar-refractivity contribution in [1.82, 2.24) is 4.98 Å². The molecule has 0 unspecified atom stereocenters. The van der Waals surface area contributed by atoms with Crippen LogP contribution in [0.3, 0.4) is 0 Å². The normalized spacial score (nSPS) is 10.3. The number of methoxy groups -OCH3 is 1. The molecule has 1 aromatic carbocycles. The van der Waals surface area contributed by atoms with Gasteiger partial charge in [0, 0.05) is 23.4 Å². The van der Waals surface area contributed by atoms with Crippen molar-refractivity contribution in [1.29, 1.82) is 0 Å². The Labute approximate surface area is 124 Å². The van der Waals surface area contributed by atoms with Crippen LogP contribution in [-0.4, -0.2) is 18.6 Å². The van der Waals surface area contributed by atoms with Gasteiger partial charge in [-0.05, 0) is 30.2 Å². The van der Waals surface area contributed by atoms with Gasteiger partial charge in [-0.1, -0.05) is 25.1 Å². The number of aromatic nitrogens is 1. The van der Waals surface area contributed by atoms with Gasteiger partial charge >= 0.3 is 0 Å². The summed E-state index contributed by atoms with van der Waals surface area (Å²) in [4.78, 5) is 5.57. The first-order valence-electron chi connectivity index (χ1n) is 6.78. The van der Waals surface area contributed by atoms with Crippen molar-refractivity contribution in [2.24, 2.45) is 0 Å². The number of rotatable bonds is 7. The monoisotopic (exact) mass is 288 g/mol. The highest BCUT2D eigenvalue weighted by atomic mass is 32.2. The molecule has 1 N–H and O–H groups in total. The first-order valence-corrected chi connectivity index (χ1v) is 7.76. The number of nitrogens with one attached hydrogen (secondary N) is 1. The molecular weight excluding hydrogens is 268 g/mol. The molecule has 0 spiro atoms. The quantitative estimate of drug-likeness (QED) is 0.774. The third kappa shape index (κ3) is 4.17. The van der Waals surface area contributed by atoms with E-state index in [1.807, 2.05) is 30.5 Å². The number of anilines is 1. The summed E-state index contributed by atoms with van der Waals surface area (Å²) >= 11 is 1.76. The average molecular weight is 288 g/mol. The lowest BCUT2D eigenvalue weighted by Crippen LogP contribution is -2.01. The number of ether oxygens (including phenoxy) is 1. The van der Waals surface area contributed by atoms with Crippen LogP contribution in [0.5, 0.6) is 5.75 Å². The SMILES string of the molecule is CCCNc1ccc(CSc2ccccc2OC)cn1. The van der Waals surface area contributed by atoms with Gasteiger partial charge in [0.1, 0.15) is 11.6 Å². The van der Waals surface area contributed by atoms with Crippen LogP contribution in [0.2, 0.25) is 0 Å². The summed E-state index contributed by atoms with van der Waals surface area (Å²) in [5.41, 5.74) is 1.21. The minimum Gasteiger partial charge on any atom is -0.496 e. The van der Waals surface area contributed by atoms with Crippen molar-refractivity contribution in [3.05, 3.63) is 48.2 Å². The van der Waals surface area contributed by atoms with Gasteiger partial charge in [-0.2, -0.15) is 0 Å². The van der Waals surface area contributed by atoms with Crippen molar-refractivity contribution in [3.8, 4) is 5.75 Å². The zero-order chi connectivity index (χ0) is 14.2. The van der Waals surface area contributed by atoms with Crippen LogP contribution >= 0.6 is 11.8 Å². The maximum atomic E-state index is 5.35. The topological polar surface area (TPSA) is 34.1 Å². The molecule has 0 aliphatic rings. The fourth-order valence-electron chi connectivity index (χ4n) is 1.77. The number of nitrogens with zero attached hydrogens (tertiary/aromatic N) is 1. The van der Waals surface area contributed by atoms with Gasteiger partial charge in [-0.3, -0.25) is 0 Å². The fraction of sp³-hybridized carbons (Fsp3) is 0.312. The van der Waals surface area contributed by atoms with E-state index in [-0.39, 0.29) is 0 Å². The fourth-order valence-corrected chi connectivity index (χ4v) is 2.73. The zero-order valence-electron chi connectivity index (χ0n) is 11.9. The first kappa shape index (κ1) is 14.7. The Morgan fingerprint density at radius 3 is 2.75 bits per heavy atom. The molecule has 0 atom stereocenters. The molecule has 2 rings (SSSR count). The molecule has 0 aliphatic heterocycles. The van der Waals surface area contributed by atoms with E-state index in [9.17, 15) is 0 Å². The summed E-state index contributed by atoms with van der Waals surface area (Å²) in [6.45, 7) is 3.10. The molecule has 0 radical (unpaired) electrons. The molecule has 0 bridgehead atoms. The van der Waals surface area contributed by atoms with Crippen molar-refractivity contribution < 1.29 is 4.74 Å². The van der Waals surface area contributed by atoms with Crippen LogP contribution in [0.4, 0.5) is 5.82 Å². The smallest absolute Gasteiger partial charge is 0.132 e. The van der Waals surface area contributed by atoms with Gasteiger partial charge < -0.3 is 10.1 Å². The summed E-state index contributed by atoms with van der Waals surface area (Å²) < 4.78 is 5.35. The highest BCUT2D eigenvalue weighted by Crippen LogP contribution is 2.31. The predicted octanol–water partition coefficient (Wildman–Crippen LogP) is 4.20. The van der Waals surface area contributed by atoms with Gasteiger partial charge in [0.15, 0.2) is 0 Å². The zero-order valence-corrected chi connectivity index (χ0v) is 12.7. The summed E-state index contributed by atoms with van der Waals surface area (Å²) in [7, 11) is 1.70. The number of thioether (sulfide) groups is 1. The maximum Gasteiger partial charge on any atom is 0.132 e. The third-order valence-electron chi connectivity index (χ3n) is 2.84. The molecule has 1 aromatic heterocycles. The summed E-state index contributed by atoms with van der Waals surface area (Å²) in [5.74, 6) is 2.76. The molecule has 3 nitrogen and oxygen atoms in total. The van der Waals surface area contributed by atoms with E-state index in [1.54, 1.807) is 18.9 Å². The number of hydrogen-bond donors (Lipinski definition) is 1. The largest absolute Gasteiger partial charge is 0.496 e. The lowest BCUT2D eigenvalue weighted by Gasteiger charge is -2.08. The van der Waals surface area contributed by atoms with E-state index in [2.05, 4.69) is 29.4 Å². The third-order valence-corrected chi connectivity index (χ3v) is 3.97. The van der Waals surface area contributed by atoms with Crippen LogP contribution in [0, 0.1) is 0 Å². The van der Waals surface area contributed by atoms with Crippen LogP contribution in [-0.2, 0) is 5.75 Å². The van der Waals surface area contributed by atoms with Crippen molar-refractivity contribution in [2.45, 2.75) is 24.0 Å². The Kier molecular flexibility index (Phi) is 5.74. The maximum absolute atomic E-state index is 5.35. The van der Waals surface area contributed by atoms with Gasteiger partial charge in [-0.25, -0.2) is 4.98 Å². The number of benzene rings is 1. The molecule has 0 fully saturated rings. The van der Waals surface area contributed by atoms with Crippen molar-refractivity contribution >= 4 is 17.6 Å². The molecule has 0 aliphatic carbocycles. The van der Waals surface area contributed by atoms with Gasteiger partial charge in [0.2, 0.25) is 0 Å². The summed E-state index contributed by atoms with van der Waals surface area (Å²) in [6, 6.07) is 12.2. The highest BCUT2D eigenvalue weighted by molar-refractivity contribution is 7.98. The Morgan fingerprint density at radius 2 is 2.05 bits per heavy atom. The van der Waals surface area contributed by atoms with E-state index in [0.29, 0.717) is 0 Å². The van der Waals surface area contributed by atoms with E-state index >= 15 is 0 Å². The van der Waals surface area contributed by atoms with Crippen LogP contribution < -0.4 is 10.1 Å². The van der Waals surface area contributed by atoms with Crippen molar-refractivity contribution in [3.63, 3.8) is 0 Å². The van der Waals surface area contributed by atoms with E-state index in [1.165, 1.54) is 5.56 Å². The highest BCUT2D eigenvalue weighted by Gasteiger charge is 2.03. The summed E-state index contributed by atoms with van der Waals surface area (Å²) in [6.07, 6.45) is 3.04. The van der Waals surface area contributed by atoms with E-state index in [0.717, 1.165) is 35.2 Å². The second kappa shape index (κ2) is 7.80. The molecule has 2 aromatic rings. The lowest BCUT2D eigenvalue weighted by molar-refractivity contribution is 0.405. The van der Waals surface area contributed by atoms with Crippen molar-refractivity contribution in [2.75, 3.05) is 19.0 Å². The van der Waals surface area contributed by atoms with Gasteiger partial charge in [0.05, 0.1) is 7.11 Å². The van der Waals surface area contributed by atoms with Crippen LogP contribution in [0.1, 0.15) is 18.9 Å². The Balaban J connectivity index is 1.93. The first-order chi connectivity index (χ1) is 9.83. The Bertz CT molecular complexity index is 528. The molecule has 0 saturated heterocycles. The minimum atomic E-state index is 0.890. The summed E-state index contributed by atoms with van der Waals surface area (Å²) in [5, 5.41) is 3.28. The van der Waals surface area contributed by atoms with E-state index in [4.69, 9.17) is 4.74 Å². The molecule has 1 heterocycles. The van der Waals surface area contributed by atoms with Gasteiger partial charge in [-0.15, -0.1) is 11.8 Å². The predicted molar refractivity (Wildman–Crippen MR) is 85.6 cm³/mol. The second-order valence-electron chi connectivity index (χ2n) is 4.42. The molecule has 0 saturated carbocycles. The Hall–Kier alpha value is -1.68. The van der Waals surface area contributed by atoms with Crippen LogP contribution in [0.25, 0.3) is 0 Å². The molecule has 106 valence electrons. The van der Waals surface area contributed by atoms with E-state index < -0.39 is 0 Å². The van der Waals surface area contributed by atoms with Crippen LogP contribution in [0.15, 0.2) is 47.5 Å². The molecule has 0 amide bonds. The Morgan fingerprint density at radius 1 is 1.20 bits per heavy atom. The van der Waals surface area contributed by atoms with Gasteiger partial charge in [0.25, 0.3) is 0 Å². The molecular formula is C16H20N2OS. The minimum absolute atomic E-state index is 0.890. The lowest BCUT2D eigenvalue weighted by atomic mass is 10.3. The molecule has 20 heavy (non-hydrogen) atoms. The second-order valence-corrected chi connectivity index (χ2v) is 5.44. The number of hydrogen-bond acceptors (Lipinski definition) is 4. The molecule has 4 heteroatoms. The average Bonchev–Trinajstić information content (AvgIpc) is 2.52. The standard InChI is InChI=1S/C16H20N2OS/c1-3-10-17-16-9-8-13(11-18-16)12-20-15-7-5-4-6-14(15)19-2/h4-9,11H,3,10,12H2,1-2H3,(H,17,18).